The largest absolute Gasteiger partial charge is 0.371 e. The van der Waals surface area contributed by atoms with E-state index in [4.69, 9.17) is 23.2 Å². The SMILES string of the molecule is O=C(NC1CCN(c2ccccc2C(=O)N[C@@H]2CCCc3ccccc32)CC1)c1ccc(Cl)cc1Cl. The monoisotopic (exact) mass is 521 g/mol. The maximum absolute atomic E-state index is 13.4. The molecule has 36 heavy (non-hydrogen) atoms. The second-order valence-electron chi connectivity index (χ2n) is 9.49. The van der Waals surface area contributed by atoms with Crippen molar-refractivity contribution in [1.29, 1.82) is 0 Å². The predicted molar refractivity (Wildman–Crippen MR) is 145 cm³/mol. The van der Waals surface area contributed by atoms with E-state index in [2.05, 4.69) is 33.7 Å². The number of anilines is 1. The van der Waals surface area contributed by atoms with E-state index in [9.17, 15) is 9.59 Å². The average Bonchev–Trinajstić information content (AvgIpc) is 2.89. The first-order valence-corrected chi connectivity index (χ1v) is 13.2. The first-order chi connectivity index (χ1) is 17.5. The number of benzene rings is 3. The highest BCUT2D eigenvalue weighted by Gasteiger charge is 2.27. The molecule has 0 aromatic heterocycles. The number of carbonyl (C=O) groups is 2. The summed E-state index contributed by atoms with van der Waals surface area (Å²) in [7, 11) is 0. The number of hydrogen-bond donors (Lipinski definition) is 2. The third-order valence-electron chi connectivity index (χ3n) is 7.17. The van der Waals surface area contributed by atoms with Gasteiger partial charge in [-0.3, -0.25) is 9.59 Å². The van der Waals surface area contributed by atoms with Crippen LogP contribution in [0.3, 0.4) is 0 Å². The van der Waals surface area contributed by atoms with Crippen LogP contribution >= 0.6 is 23.2 Å². The van der Waals surface area contributed by atoms with E-state index in [1.807, 2.05) is 30.3 Å². The van der Waals surface area contributed by atoms with E-state index < -0.39 is 0 Å². The molecule has 1 atom stereocenters. The van der Waals surface area contributed by atoms with Crippen molar-refractivity contribution < 1.29 is 9.59 Å². The number of piperidine rings is 1. The smallest absolute Gasteiger partial charge is 0.253 e. The minimum absolute atomic E-state index is 0.0381. The summed E-state index contributed by atoms with van der Waals surface area (Å²) in [6, 6.07) is 21.2. The summed E-state index contributed by atoms with van der Waals surface area (Å²) in [5.41, 5.74) is 4.61. The van der Waals surface area contributed by atoms with Crippen molar-refractivity contribution in [3.63, 3.8) is 0 Å². The van der Waals surface area contributed by atoms with E-state index in [0.29, 0.717) is 21.2 Å². The predicted octanol–water partition coefficient (Wildman–Crippen LogP) is 6.20. The lowest BCUT2D eigenvalue weighted by Gasteiger charge is -2.35. The molecule has 5 rings (SSSR count). The quantitative estimate of drug-likeness (QED) is 0.420. The average molecular weight is 522 g/mol. The van der Waals surface area contributed by atoms with Crippen LogP contribution in [-0.2, 0) is 6.42 Å². The first kappa shape index (κ1) is 24.7. The van der Waals surface area contributed by atoms with Gasteiger partial charge in [0.25, 0.3) is 11.8 Å². The molecule has 5 nitrogen and oxygen atoms in total. The van der Waals surface area contributed by atoms with Crippen LogP contribution in [0.15, 0.2) is 66.7 Å². The third-order valence-corrected chi connectivity index (χ3v) is 7.72. The molecule has 3 aromatic rings. The van der Waals surface area contributed by atoms with Gasteiger partial charge in [0.05, 0.1) is 22.2 Å². The molecule has 1 aliphatic heterocycles. The normalized spacial score (nSPS) is 17.8. The van der Waals surface area contributed by atoms with Gasteiger partial charge < -0.3 is 15.5 Å². The molecule has 1 aliphatic carbocycles. The Morgan fingerprint density at radius 1 is 0.806 bits per heavy atom. The zero-order valence-electron chi connectivity index (χ0n) is 20.0. The van der Waals surface area contributed by atoms with Crippen molar-refractivity contribution in [3.05, 3.63) is 99.0 Å². The van der Waals surface area contributed by atoms with Gasteiger partial charge >= 0.3 is 0 Å². The molecule has 0 unspecified atom stereocenters. The lowest BCUT2D eigenvalue weighted by Crippen LogP contribution is -2.45. The van der Waals surface area contributed by atoms with E-state index >= 15 is 0 Å². The molecule has 0 radical (unpaired) electrons. The van der Waals surface area contributed by atoms with Crippen molar-refractivity contribution in [2.24, 2.45) is 0 Å². The van der Waals surface area contributed by atoms with E-state index in [1.54, 1.807) is 18.2 Å². The van der Waals surface area contributed by atoms with Crippen LogP contribution in [0.2, 0.25) is 10.0 Å². The number of carbonyl (C=O) groups excluding carboxylic acids is 2. The lowest BCUT2D eigenvalue weighted by atomic mass is 9.87. The van der Waals surface area contributed by atoms with Gasteiger partial charge in [-0.05, 0) is 73.6 Å². The molecule has 2 amide bonds. The van der Waals surface area contributed by atoms with Crippen LogP contribution in [0.1, 0.15) is 63.6 Å². The summed E-state index contributed by atoms with van der Waals surface area (Å²) in [5, 5.41) is 7.23. The van der Waals surface area contributed by atoms with Crippen molar-refractivity contribution in [3.8, 4) is 0 Å². The minimum Gasteiger partial charge on any atom is -0.371 e. The first-order valence-electron chi connectivity index (χ1n) is 12.5. The Hall–Kier alpha value is -3.02. The molecule has 2 N–H and O–H groups in total. The third kappa shape index (κ3) is 5.37. The molecule has 0 bridgehead atoms. The van der Waals surface area contributed by atoms with Crippen molar-refractivity contribution in [2.75, 3.05) is 18.0 Å². The Kier molecular flexibility index (Phi) is 7.49. The summed E-state index contributed by atoms with van der Waals surface area (Å²) < 4.78 is 0. The fourth-order valence-corrected chi connectivity index (χ4v) is 5.78. The minimum atomic E-state index is -0.192. The summed E-state index contributed by atoms with van der Waals surface area (Å²) in [6.07, 6.45) is 4.65. The number of hydrogen-bond acceptors (Lipinski definition) is 3. The molecular weight excluding hydrogens is 493 g/mol. The van der Waals surface area contributed by atoms with Crippen molar-refractivity contribution >= 4 is 40.7 Å². The number of fused-ring (bicyclic) bond motifs is 1. The number of nitrogens with zero attached hydrogens (tertiary/aromatic N) is 1. The Morgan fingerprint density at radius 2 is 1.53 bits per heavy atom. The van der Waals surface area contributed by atoms with Gasteiger partial charge in [0.15, 0.2) is 0 Å². The molecule has 1 fully saturated rings. The van der Waals surface area contributed by atoms with Gasteiger partial charge in [0, 0.05) is 29.8 Å². The molecule has 186 valence electrons. The molecule has 1 saturated heterocycles. The van der Waals surface area contributed by atoms with Crippen LogP contribution in [0, 0.1) is 0 Å². The van der Waals surface area contributed by atoms with Gasteiger partial charge in [0.2, 0.25) is 0 Å². The second-order valence-corrected chi connectivity index (χ2v) is 10.3. The number of halogens is 2. The van der Waals surface area contributed by atoms with Crippen molar-refractivity contribution in [2.45, 2.75) is 44.2 Å². The topological polar surface area (TPSA) is 61.4 Å². The van der Waals surface area contributed by atoms with Crippen molar-refractivity contribution in [1.82, 2.24) is 10.6 Å². The molecule has 3 aromatic carbocycles. The van der Waals surface area contributed by atoms with E-state index in [0.717, 1.165) is 50.9 Å². The molecule has 7 heteroatoms. The summed E-state index contributed by atoms with van der Waals surface area (Å²) in [4.78, 5) is 28.3. The lowest BCUT2D eigenvalue weighted by molar-refractivity contribution is 0.0926. The Bertz CT molecular complexity index is 1270. The van der Waals surface area contributed by atoms with Gasteiger partial charge in [-0.25, -0.2) is 0 Å². The summed E-state index contributed by atoms with van der Waals surface area (Å²) >= 11 is 12.1. The molecule has 0 spiro atoms. The van der Waals surface area contributed by atoms with Gasteiger partial charge in [-0.2, -0.15) is 0 Å². The Morgan fingerprint density at radius 3 is 2.33 bits per heavy atom. The molecule has 0 saturated carbocycles. The van der Waals surface area contributed by atoms with Gasteiger partial charge in [-0.15, -0.1) is 0 Å². The Balaban J connectivity index is 1.23. The summed E-state index contributed by atoms with van der Waals surface area (Å²) in [6.45, 7) is 1.49. The highest BCUT2D eigenvalue weighted by molar-refractivity contribution is 6.36. The summed E-state index contributed by atoms with van der Waals surface area (Å²) in [5.74, 6) is -0.234. The highest BCUT2D eigenvalue weighted by atomic mass is 35.5. The van der Waals surface area contributed by atoms with Gasteiger partial charge in [-0.1, -0.05) is 59.6 Å². The molecular formula is C29H29Cl2N3O2. The fraction of sp³-hybridized carbons (Fsp3) is 0.310. The number of amides is 2. The fourth-order valence-electron chi connectivity index (χ4n) is 5.28. The highest BCUT2D eigenvalue weighted by Crippen LogP contribution is 2.31. The zero-order valence-corrected chi connectivity index (χ0v) is 21.5. The zero-order chi connectivity index (χ0) is 25.1. The van der Waals surface area contributed by atoms with Crippen LogP contribution in [0.4, 0.5) is 5.69 Å². The van der Waals surface area contributed by atoms with E-state index in [1.165, 1.54) is 11.1 Å². The number of aryl methyl sites for hydroxylation is 1. The molecule has 1 heterocycles. The maximum Gasteiger partial charge on any atom is 0.253 e. The van der Waals surface area contributed by atoms with Gasteiger partial charge in [0.1, 0.15) is 0 Å². The number of rotatable bonds is 5. The maximum atomic E-state index is 13.4. The standard InChI is InChI=1S/C29H29Cl2N3O2/c30-20-12-13-23(25(31)18-20)28(35)32-21-14-16-34(17-15-21)27-11-4-3-9-24(27)29(36)33-26-10-5-7-19-6-1-2-8-22(19)26/h1-4,6,8-9,11-13,18,21,26H,5,7,10,14-17H2,(H,32,35)(H,33,36)/t26-/m1/s1. The number of nitrogens with one attached hydrogen (secondary N) is 2. The van der Waals surface area contributed by atoms with E-state index in [-0.39, 0.29) is 23.9 Å². The van der Waals surface area contributed by atoms with Crippen LogP contribution in [0.5, 0.6) is 0 Å². The van der Waals surface area contributed by atoms with Crippen LogP contribution in [0.25, 0.3) is 0 Å². The van der Waals surface area contributed by atoms with Crippen LogP contribution in [-0.4, -0.2) is 30.9 Å². The van der Waals surface area contributed by atoms with Crippen LogP contribution < -0.4 is 15.5 Å². The number of para-hydroxylation sites is 1. The second kappa shape index (κ2) is 10.9. The Labute approximate surface area is 221 Å². The molecule has 2 aliphatic rings.